The zero-order chi connectivity index (χ0) is 24.0. The lowest BCUT2D eigenvalue weighted by atomic mass is 10.2. The van der Waals surface area contributed by atoms with Gasteiger partial charge in [-0.05, 0) is 30.7 Å². The fourth-order valence-corrected chi connectivity index (χ4v) is 4.21. The van der Waals surface area contributed by atoms with E-state index in [0.29, 0.717) is 33.3 Å². The molecule has 1 aromatic heterocycles. The van der Waals surface area contributed by atoms with Gasteiger partial charge in [0.1, 0.15) is 5.75 Å². The van der Waals surface area contributed by atoms with Crippen molar-refractivity contribution >= 4 is 51.5 Å². The highest BCUT2D eigenvalue weighted by molar-refractivity contribution is 7.99. The van der Waals surface area contributed by atoms with Gasteiger partial charge in [-0.25, -0.2) is 4.98 Å². The first-order valence-electron chi connectivity index (χ1n) is 10.3. The van der Waals surface area contributed by atoms with Gasteiger partial charge in [-0.3, -0.25) is 24.3 Å². The van der Waals surface area contributed by atoms with Crippen LogP contribution in [0.15, 0.2) is 46.3 Å². The first kappa shape index (κ1) is 24.5. The fraction of sp³-hybridized carbons (Fsp3) is 0.318. The van der Waals surface area contributed by atoms with Crippen molar-refractivity contribution in [3.05, 3.63) is 61.9 Å². The normalized spacial score (nSPS) is 10.9. The molecular weight excluding hydrogens is 468 g/mol. The van der Waals surface area contributed by atoms with E-state index in [2.05, 4.69) is 17.2 Å². The molecule has 0 spiro atoms. The number of rotatable bonds is 10. The molecule has 3 aromatic rings. The zero-order valence-corrected chi connectivity index (χ0v) is 19.7. The van der Waals surface area contributed by atoms with Gasteiger partial charge >= 0.3 is 0 Å². The van der Waals surface area contributed by atoms with E-state index in [1.807, 2.05) is 0 Å². The average Bonchev–Trinajstić information content (AvgIpc) is 2.79. The highest BCUT2D eigenvalue weighted by Crippen LogP contribution is 2.29. The third-order valence-corrected chi connectivity index (χ3v) is 6.08. The van der Waals surface area contributed by atoms with Crippen molar-refractivity contribution in [1.29, 1.82) is 0 Å². The Morgan fingerprint density at radius 3 is 2.76 bits per heavy atom. The summed E-state index contributed by atoms with van der Waals surface area (Å²) in [6.07, 6.45) is 2.79. The van der Waals surface area contributed by atoms with Crippen LogP contribution < -0.4 is 15.6 Å². The van der Waals surface area contributed by atoms with Gasteiger partial charge in [0.05, 0.1) is 40.4 Å². The molecule has 9 nitrogen and oxygen atoms in total. The first-order valence-corrected chi connectivity index (χ1v) is 11.7. The largest absolute Gasteiger partial charge is 0.494 e. The number of aromatic nitrogens is 2. The predicted molar refractivity (Wildman–Crippen MR) is 130 cm³/mol. The number of carbonyl (C=O) groups is 1. The maximum absolute atomic E-state index is 13.1. The van der Waals surface area contributed by atoms with Gasteiger partial charge in [0, 0.05) is 17.6 Å². The Kier molecular flexibility index (Phi) is 8.29. The summed E-state index contributed by atoms with van der Waals surface area (Å²) in [6, 6.07) is 8.87. The summed E-state index contributed by atoms with van der Waals surface area (Å²) in [7, 11) is 1.36. The number of thioether (sulfide) groups is 1. The van der Waals surface area contributed by atoms with E-state index >= 15 is 0 Å². The van der Waals surface area contributed by atoms with E-state index in [9.17, 15) is 19.7 Å². The number of halogens is 1. The maximum Gasteiger partial charge on any atom is 0.273 e. The van der Waals surface area contributed by atoms with Crippen LogP contribution in [0.2, 0.25) is 5.02 Å². The van der Waals surface area contributed by atoms with Crippen LogP contribution in [0.4, 0.5) is 11.4 Å². The number of hydrogen-bond acceptors (Lipinski definition) is 7. The number of nitrogens with one attached hydrogen (secondary N) is 1. The minimum absolute atomic E-state index is 0.0214. The van der Waals surface area contributed by atoms with Crippen molar-refractivity contribution in [3.8, 4) is 5.75 Å². The standard InChI is InChI=1S/C22H23ClN4O5S/c1-3-4-5-10-26-21(29)16-8-6-14(23)11-18(16)25-22(26)33-13-20(28)24-17-9-7-15(27(30)31)12-19(17)32-2/h6-9,11-12H,3-5,10,13H2,1-2H3,(H,24,28). The number of amides is 1. The molecule has 0 aliphatic carbocycles. The highest BCUT2D eigenvalue weighted by Gasteiger charge is 2.16. The molecule has 11 heteroatoms. The van der Waals surface area contributed by atoms with E-state index in [-0.39, 0.29) is 28.7 Å². The molecule has 0 radical (unpaired) electrons. The minimum Gasteiger partial charge on any atom is -0.494 e. The van der Waals surface area contributed by atoms with Gasteiger partial charge in [-0.1, -0.05) is 43.1 Å². The molecule has 0 aliphatic heterocycles. The number of unbranched alkanes of at least 4 members (excludes halogenated alkanes) is 2. The Balaban J connectivity index is 1.82. The van der Waals surface area contributed by atoms with Gasteiger partial charge in [-0.2, -0.15) is 0 Å². The van der Waals surface area contributed by atoms with E-state index < -0.39 is 4.92 Å². The Labute approximate surface area is 199 Å². The average molecular weight is 491 g/mol. The summed E-state index contributed by atoms with van der Waals surface area (Å²) >= 11 is 7.21. The molecule has 1 N–H and O–H groups in total. The quantitative estimate of drug-likeness (QED) is 0.141. The molecule has 0 bridgehead atoms. The molecule has 0 saturated carbocycles. The number of nitrogens with zero attached hydrogens (tertiary/aromatic N) is 3. The lowest BCUT2D eigenvalue weighted by molar-refractivity contribution is -0.384. The fourth-order valence-electron chi connectivity index (χ4n) is 3.21. The second-order valence-corrected chi connectivity index (χ2v) is 8.58. The highest BCUT2D eigenvalue weighted by atomic mass is 35.5. The number of benzene rings is 2. The molecule has 174 valence electrons. The van der Waals surface area contributed by atoms with Crippen molar-refractivity contribution in [1.82, 2.24) is 9.55 Å². The van der Waals surface area contributed by atoms with Gasteiger partial charge in [0.2, 0.25) is 5.91 Å². The maximum atomic E-state index is 13.1. The predicted octanol–water partition coefficient (Wildman–Crippen LogP) is 4.89. The first-order chi connectivity index (χ1) is 15.8. The molecule has 0 fully saturated rings. The Morgan fingerprint density at radius 2 is 2.06 bits per heavy atom. The summed E-state index contributed by atoms with van der Waals surface area (Å²) < 4.78 is 6.75. The molecule has 1 heterocycles. The smallest absolute Gasteiger partial charge is 0.273 e. The van der Waals surface area contributed by atoms with Crippen molar-refractivity contribution in [2.75, 3.05) is 18.2 Å². The Bertz CT molecular complexity index is 1250. The number of anilines is 1. The molecule has 3 rings (SSSR count). The van der Waals surface area contributed by atoms with Gasteiger partial charge in [0.15, 0.2) is 5.16 Å². The van der Waals surface area contributed by atoms with E-state index in [1.54, 1.807) is 22.8 Å². The molecule has 33 heavy (non-hydrogen) atoms. The van der Waals surface area contributed by atoms with Gasteiger partial charge in [0.25, 0.3) is 11.2 Å². The van der Waals surface area contributed by atoms with Gasteiger partial charge in [-0.15, -0.1) is 0 Å². The third kappa shape index (κ3) is 6.02. The lowest BCUT2D eigenvalue weighted by Gasteiger charge is -2.14. The molecule has 2 aromatic carbocycles. The van der Waals surface area contributed by atoms with Crippen LogP contribution >= 0.6 is 23.4 Å². The van der Waals surface area contributed by atoms with Crippen LogP contribution in [-0.4, -0.2) is 33.2 Å². The molecule has 1 amide bonds. The summed E-state index contributed by atoms with van der Waals surface area (Å²) in [4.78, 5) is 40.6. The topological polar surface area (TPSA) is 116 Å². The number of nitro groups is 1. The Hall–Kier alpha value is -3.11. The van der Waals surface area contributed by atoms with E-state index in [0.717, 1.165) is 31.0 Å². The zero-order valence-electron chi connectivity index (χ0n) is 18.2. The lowest BCUT2D eigenvalue weighted by Crippen LogP contribution is -2.24. The summed E-state index contributed by atoms with van der Waals surface area (Å²) in [6.45, 7) is 2.58. The monoisotopic (exact) mass is 490 g/mol. The third-order valence-electron chi connectivity index (χ3n) is 4.87. The second-order valence-electron chi connectivity index (χ2n) is 7.20. The molecule has 0 saturated heterocycles. The molecule has 0 unspecified atom stereocenters. The van der Waals surface area contributed by atoms with Crippen LogP contribution in [-0.2, 0) is 11.3 Å². The van der Waals surface area contributed by atoms with Crippen LogP contribution in [0, 0.1) is 10.1 Å². The van der Waals surface area contributed by atoms with Crippen molar-refractivity contribution in [2.24, 2.45) is 0 Å². The van der Waals surface area contributed by atoms with Crippen LogP contribution in [0.5, 0.6) is 5.75 Å². The number of nitro benzene ring substituents is 1. The number of carbonyl (C=O) groups excluding carboxylic acids is 1. The summed E-state index contributed by atoms with van der Waals surface area (Å²) in [5.74, 6) is -0.211. The van der Waals surface area contributed by atoms with Crippen LogP contribution in [0.3, 0.4) is 0 Å². The number of ether oxygens (including phenoxy) is 1. The number of hydrogen-bond donors (Lipinski definition) is 1. The van der Waals surface area contributed by atoms with E-state index in [1.165, 1.54) is 25.3 Å². The van der Waals surface area contributed by atoms with Crippen molar-refractivity contribution < 1.29 is 14.5 Å². The SMILES string of the molecule is CCCCCn1c(SCC(=O)Nc2ccc([N+](=O)[O-])cc2OC)nc2cc(Cl)ccc2c1=O. The van der Waals surface area contributed by atoms with Gasteiger partial charge < -0.3 is 10.1 Å². The van der Waals surface area contributed by atoms with Crippen molar-refractivity contribution in [3.63, 3.8) is 0 Å². The molecule has 0 aliphatic rings. The van der Waals surface area contributed by atoms with Crippen molar-refractivity contribution in [2.45, 2.75) is 37.9 Å². The summed E-state index contributed by atoms with van der Waals surface area (Å²) in [5.41, 5.74) is 0.466. The van der Waals surface area contributed by atoms with E-state index in [4.69, 9.17) is 16.3 Å². The number of methoxy groups -OCH3 is 1. The second kappa shape index (κ2) is 11.2. The van der Waals surface area contributed by atoms with Crippen LogP contribution in [0.1, 0.15) is 26.2 Å². The molecular formula is C22H23ClN4O5S. The van der Waals surface area contributed by atoms with Crippen LogP contribution in [0.25, 0.3) is 10.9 Å². The molecule has 0 atom stereocenters. The summed E-state index contributed by atoms with van der Waals surface area (Å²) in [5, 5.41) is 15.0. The number of fused-ring (bicyclic) bond motifs is 1. The number of non-ortho nitro benzene ring substituents is 1. The minimum atomic E-state index is -0.542. The Morgan fingerprint density at radius 1 is 1.27 bits per heavy atom.